The van der Waals surface area contributed by atoms with Gasteiger partial charge in [-0.3, -0.25) is 4.79 Å². The van der Waals surface area contributed by atoms with E-state index in [2.05, 4.69) is 17.2 Å². The second-order valence-corrected chi connectivity index (χ2v) is 4.73. The number of hydrogen-bond acceptors (Lipinski definition) is 2. The lowest BCUT2D eigenvalue weighted by atomic mass is 9.90. The minimum atomic E-state index is 0.00481. The number of hydrogen-bond donors (Lipinski definition) is 1. The Hall–Kier alpha value is -1.01. The van der Waals surface area contributed by atoms with Crippen LogP contribution in [0.3, 0.4) is 0 Å². The van der Waals surface area contributed by atoms with Gasteiger partial charge in [-0.15, -0.1) is 0 Å². The monoisotopic (exact) mass is 220 g/mol. The van der Waals surface area contributed by atoms with Crippen LogP contribution in [0.25, 0.3) is 0 Å². The first-order valence-electron chi connectivity index (χ1n) is 6.26. The van der Waals surface area contributed by atoms with Crippen molar-refractivity contribution in [3.63, 3.8) is 0 Å². The second-order valence-electron chi connectivity index (χ2n) is 4.73. The lowest BCUT2D eigenvalue weighted by Gasteiger charge is -2.34. The van der Waals surface area contributed by atoms with E-state index in [1.54, 1.807) is 6.92 Å². The Bertz CT molecular complexity index is 310. The van der Waals surface area contributed by atoms with Crippen LogP contribution in [0.4, 0.5) is 0 Å². The van der Waals surface area contributed by atoms with Crippen LogP contribution in [0.1, 0.15) is 32.6 Å². The normalized spacial score (nSPS) is 29.7. The van der Waals surface area contributed by atoms with Crippen molar-refractivity contribution in [3.05, 3.63) is 0 Å². The van der Waals surface area contributed by atoms with E-state index in [1.165, 1.54) is 19.3 Å². The van der Waals surface area contributed by atoms with Gasteiger partial charge in [0.15, 0.2) is 0 Å². The van der Waals surface area contributed by atoms with Crippen molar-refractivity contribution < 1.29 is 4.79 Å². The Labute approximate surface area is 97.6 Å². The molecule has 0 aromatic rings. The molecule has 16 heavy (non-hydrogen) atoms. The van der Waals surface area contributed by atoms with Crippen molar-refractivity contribution in [1.29, 1.82) is 0 Å². The quantitative estimate of drug-likeness (QED) is 0.669. The molecular weight excluding hydrogens is 200 g/mol. The molecule has 2 aliphatic heterocycles. The fourth-order valence-corrected chi connectivity index (χ4v) is 2.82. The Morgan fingerprint density at radius 3 is 2.94 bits per heavy atom. The summed E-state index contributed by atoms with van der Waals surface area (Å²) in [4.78, 5) is 13.6. The third-order valence-corrected chi connectivity index (χ3v) is 3.64. The van der Waals surface area contributed by atoms with Crippen molar-refractivity contribution in [3.8, 4) is 11.8 Å². The molecule has 2 unspecified atom stereocenters. The maximum absolute atomic E-state index is 11.7. The number of piperidine rings is 1. The molecule has 0 radical (unpaired) electrons. The predicted octanol–water partition coefficient (Wildman–Crippen LogP) is 1.00. The topological polar surface area (TPSA) is 32.3 Å². The van der Waals surface area contributed by atoms with Crippen molar-refractivity contribution in [1.82, 2.24) is 10.2 Å². The van der Waals surface area contributed by atoms with Crippen LogP contribution in [-0.2, 0) is 4.79 Å². The summed E-state index contributed by atoms with van der Waals surface area (Å²) in [6, 6.07) is 0.630. The standard InChI is InChI=1S/C13H20N2O/c1-2-5-13(16)15-9-4-6-11(10-15)12-7-3-8-14-12/h11-12,14H,3-4,6-10H2,1H3. The van der Waals surface area contributed by atoms with Gasteiger partial charge in [0.05, 0.1) is 0 Å². The van der Waals surface area contributed by atoms with Gasteiger partial charge in [-0.1, -0.05) is 5.92 Å². The summed E-state index contributed by atoms with van der Waals surface area (Å²) < 4.78 is 0. The average Bonchev–Trinajstić information content (AvgIpc) is 2.83. The van der Waals surface area contributed by atoms with E-state index in [0.29, 0.717) is 12.0 Å². The number of likely N-dealkylation sites (tertiary alicyclic amines) is 1. The van der Waals surface area contributed by atoms with Gasteiger partial charge in [-0.25, -0.2) is 0 Å². The van der Waals surface area contributed by atoms with Gasteiger partial charge in [0.2, 0.25) is 0 Å². The van der Waals surface area contributed by atoms with Crippen LogP contribution in [0.2, 0.25) is 0 Å². The molecule has 88 valence electrons. The average molecular weight is 220 g/mol. The Morgan fingerprint density at radius 2 is 2.25 bits per heavy atom. The molecule has 3 nitrogen and oxygen atoms in total. The molecule has 2 rings (SSSR count). The minimum Gasteiger partial charge on any atom is -0.332 e. The molecule has 2 atom stereocenters. The number of nitrogens with one attached hydrogen (secondary N) is 1. The van der Waals surface area contributed by atoms with Gasteiger partial charge in [-0.05, 0) is 51.0 Å². The highest BCUT2D eigenvalue weighted by atomic mass is 16.2. The fourth-order valence-electron chi connectivity index (χ4n) is 2.82. The number of nitrogens with zero attached hydrogens (tertiary/aromatic N) is 1. The lowest BCUT2D eigenvalue weighted by Crippen LogP contribution is -2.45. The molecule has 0 bridgehead atoms. The molecule has 1 N–H and O–H groups in total. The van der Waals surface area contributed by atoms with Crippen molar-refractivity contribution in [2.24, 2.45) is 5.92 Å². The highest BCUT2D eigenvalue weighted by Crippen LogP contribution is 2.24. The summed E-state index contributed by atoms with van der Waals surface area (Å²) in [7, 11) is 0. The largest absolute Gasteiger partial charge is 0.332 e. The first-order chi connectivity index (χ1) is 7.81. The molecule has 0 aromatic carbocycles. The summed E-state index contributed by atoms with van der Waals surface area (Å²) in [5.41, 5.74) is 0. The Morgan fingerprint density at radius 1 is 1.38 bits per heavy atom. The maximum atomic E-state index is 11.7. The highest BCUT2D eigenvalue weighted by Gasteiger charge is 2.30. The predicted molar refractivity (Wildman–Crippen MR) is 63.8 cm³/mol. The molecule has 2 fully saturated rings. The first kappa shape index (κ1) is 11.5. The molecule has 1 amide bonds. The SMILES string of the molecule is CC#CC(=O)N1CCCC(C2CCCN2)C1. The smallest absolute Gasteiger partial charge is 0.298 e. The second kappa shape index (κ2) is 5.36. The van der Waals surface area contributed by atoms with Gasteiger partial charge < -0.3 is 10.2 Å². The van der Waals surface area contributed by atoms with E-state index in [0.717, 1.165) is 26.1 Å². The summed E-state index contributed by atoms with van der Waals surface area (Å²) in [6.07, 6.45) is 4.93. The van der Waals surface area contributed by atoms with Crippen molar-refractivity contribution in [2.75, 3.05) is 19.6 Å². The first-order valence-corrected chi connectivity index (χ1v) is 6.26. The van der Waals surface area contributed by atoms with Crippen LogP contribution < -0.4 is 5.32 Å². The lowest BCUT2D eigenvalue weighted by molar-refractivity contribution is -0.127. The summed E-state index contributed by atoms with van der Waals surface area (Å²) >= 11 is 0. The molecule has 3 heteroatoms. The Kier molecular flexibility index (Phi) is 3.84. The van der Waals surface area contributed by atoms with Crippen LogP contribution in [0, 0.1) is 17.8 Å². The number of rotatable bonds is 1. The van der Waals surface area contributed by atoms with Crippen LogP contribution >= 0.6 is 0 Å². The molecule has 2 saturated heterocycles. The fraction of sp³-hybridized carbons (Fsp3) is 0.769. The van der Waals surface area contributed by atoms with Gasteiger partial charge in [0, 0.05) is 19.1 Å². The molecule has 2 aliphatic rings. The van der Waals surface area contributed by atoms with E-state index in [4.69, 9.17) is 0 Å². The number of amides is 1. The Balaban J connectivity index is 1.92. The number of carbonyl (C=O) groups excluding carboxylic acids is 1. The van der Waals surface area contributed by atoms with E-state index in [1.807, 2.05) is 4.90 Å². The van der Waals surface area contributed by atoms with Crippen molar-refractivity contribution in [2.45, 2.75) is 38.6 Å². The van der Waals surface area contributed by atoms with Gasteiger partial charge in [-0.2, -0.15) is 0 Å². The third kappa shape index (κ3) is 2.56. The molecule has 0 spiro atoms. The van der Waals surface area contributed by atoms with E-state index in [-0.39, 0.29) is 5.91 Å². The summed E-state index contributed by atoms with van der Waals surface area (Å²) in [6.45, 7) is 4.64. The molecule has 2 heterocycles. The van der Waals surface area contributed by atoms with Crippen LogP contribution in [0.15, 0.2) is 0 Å². The minimum absolute atomic E-state index is 0.00481. The third-order valence-electron chi connectivity index (χ3n) is 3.64. The zero-order chi connectivity index (χ0) is 11.4. The zero-order valence-electron chi connectivity index (χ0n) is 9.96. The maximum Gasteiger partial charge on any atom is 0.298 e. The van der Waals surface area contributed by atoms with Crippen LogP contribution in [0.5, 0.6) is 0 Å². The van der Waals surface area contributed by atoms with Gasteiger partial charge >= 0.3 is 0 Å². The molecule has 0 saturated carbocycles. The zero-order valence-corrected chi connectivity index (χ0v) is 9.96. The van der Waals surface area contributed by atoms with E-state index < -0.39 is 0 Å². The summed E-state index contributed by atoms with van der Waals surface area (Å²) in [5.74, 6) is 5.98. The van der Waals surface area contributed by atoms with Gasteiger partial charge in [0.1, 0.15) is 0 Å². The van der Waals surface area contributed by atoms with E-state index >= 15 is 0 Å². The van der Waals surface area contributed by atoms with Crippen LogP contribution in [-0.4, -0.2) is 36.5 Å². The highest BCUT2D eigenvalue weighted by molar-refractivity contribution is 5.93. The van der Waals surface area contributed by atoms with Crippen molar-refractivity contribution >= 4 is 5.91 Å². The van der Waals surface area contributed by atoms with E-state index in [9.17, 15) is 4.79 Å². The summed E-state index contributed by atoms with van der Waals surface area (Å²) in [5, 5.41) is 3.54. The molecule has 0 aromatic heterocycles. The van der Waals surface area contributed by atoms with Gasteiger partial charge in [0.25, 0.3) is 5.91 Å². The molecule has 0 aliphatic carbocycles. The molecular formula is C13H20N2O. The number of carbonyl (C=O) groups is 1.